The minimum Gasteiger partial charge on any atom is -0.327 e. The van der Waals surface area contributed by atoms with E-state index in [0.29, 0.717) is 11.3 Å². The Labute approximate surface area is 166 Å². The van der Waals surface area contributed by atoms with Gasteiger partial charge in [-0.05, 0) is 24.3 Å². The maximum atomic E-state index is 11.2. The van der Waals surface area contributed by atoms with Gasteiger partial charge in [-0.1, -0.05) is 42.5 Å². The maximum absolute atomic E-state index is 11.2. The molecule has 2 heterocycles. The van der Waals surface area contributed by atoms with Crippen molar-refractivity contribution in [3.05, 3.63) is 89.0 Å². The first-order chi connectivity index (χ1) is 14.1. The second-order valence-electron chi connectivity index (χ2n) is 6.86. The third-order valence-electron chi connectivity index (χ3n) is 5.10. The molecule has 0 saturated carbocycles. The number of nitro benzene ring substituents is 1. The summed E-state index contributed by atoms with van der Waals surface area (Å²) in [7, 11) is 1.99. The molecule has 0 bridgehead atoms. The maximum Gasteiger partial charge on any atom is 0.270 e. The third kappa shape index (κ3) is 2.82. The van der Waals surface area contributed by atoms with E-state index < -0.39 is 4.92 Å². The highest BCUT2D eigenvalue weighted by molar-refractivity contribution is 5.97. The second kappa shape index (κ2) is 6.53. The summed E-state index contributed by atoms with van der Waals surface area (Å²) in [5.74, 6) is 0.830. The Morgan fingerprint density at radius 3 is 2.41 bits per heavy atom. The molecule has 0 saturated heterocycles. The lowest BCUT2D eigenvalue weighted by Crippen LogP contribution is -1.96. The van der Waals surface area contributed by atoms with E-state index >= 15 is 0 Å². The van der Waals surface area contributed by atoms with Gasteiger partial charge in [-0.15, -0.1) is 0 Å². The molecule has 5 aromatic rings. The number of imidazole rings is 1. The predicted octanol–water partition coefficient (Wildman–Crippen LogP) is 5.36. The molecule has 0 radical (unpaired) electrons. The van der Waals surface area contributed by atoms with E-state index in [1.54, 1.807) is 12.1 Å². The Morgan fingerprint density at radius 1 is 0.862 bits per heavy atom. The van der Waals surface area contributed by atoms with Crippen LogP contribution in [0.4, 0.5) is 5.69 Å². The van der Waals surface area contributed by atoms with Gasteiger partial charge in [-0.3, -0.25) is 10.1 Å². The number of nitrogens with zero attached hydrogens (tertiary/aromatic N) is 4. The molecular weight excluding hydrogens is 364 g/mol. The van der Waals surface area contributed by atoms with Crippen LogP contribution in [0, 0.1) is 10.1 Å². The SMILES string of the molecule is Cn1c(-c2cc(-c3cccc([N+](=O)[O-])c3)nc3ccccc23)nc2ccccc21. The minimum atomic E-state index is -0.392. The molecule has 0 N–H and O–H groups in total. The van der Waals surface area contributed by atoms with E-state index in [1.807, 2.05) is 67.7 Å². The zero-order valence-corrected chi connectivity index (χ0v) is 15.6. The molecule has 0 spiro atoms. The van der Waals surface area contributed by atoms with Crippen molar-refractivity contribution >= 4 is 27.6 Å². The first-order valence-electron chi connectivity index (χ1n) is 9.18. The Morgan fingerprint density at radius 2 is 1.62 bits per heavy atom. The van der Waals surface area contributed by atoms with E-state index in [4.69, 9.17) is 9.97 Å². The van der Waals surface area contributed by atoms with Crippen molar-refractivity contribution in [1.29, 1.82) is 0 Å². The van der Waals surface area contributed by atoms with Gasteiger partial charge in [-0.2, -0.15) is 0 Å². The van der Waals surface area contributed by atoms with Crippen molar-refractivity contribution in [2.45, 2.75) is 0 Å². The zero-order chi connectivity index (χ0) is 20.0. The molecule has 0 atom stereocenters. The van der Waals surface area contributed by atoms with Crippen molar-refractivity contribution in [2.24, 2.45) is 7.05 Å². The topological polar surface area (TPSA) is 73.8 Å². The van der Waals surface area contributed by atoms with Crippen LogP contribution < -0.4 is 0 Å². The molecule has 6 nitrogen and oxygen atoms in total. The molecule has 3 aromatic carbocycles. The third-order valence-corrected chi connectivity index (χ3v) is 5.10. The number of non-ortho nitro benzene ring substituents is 1. The summed E-state index contributed by atoms with van der Waals surface area (Å²) in [5, 5.41) is 12.2. The monoisotopic (exact) mass is 380 g/mol. The number of para-hydroxylation sites is 3. The summed E-state index contributed by atoms with van der Waals surface area (Å²) in [6, 6.07) is 24.4. The molecule has 0 amide bonds. The lowest BCUT2D eigenvalue weighted by molar-refractivity contribution is -0.384. The van der Waals surface area contributed by atoms with Gasteiger partial charge in [0.05, 0.1) is 27.2 Å². The Hall–Kier alpha value is -4.06. The largest absolute Gasteiger partial charge is 0.327 e. The van der Waals surface area contributed by atoms with E-state index in [2.05, 4.69) is 4.57 Å². The van der Waals surface area contributed by atoms with Crippen LogP contribution in [-0.4, -0.2) is 19.5 Å². The van der Waals surface area contributed by atoms with Crippen LogP contribution >= 0.6 is 0 Å². The Kier molecular flexibility index (Phi) is 3.84. The first kappa shape index (κ1) is 17.1. The highest BCUT2D eigenvalue weighted by atomic mass is 16.6. The van der Waals surface area contributed by atoms with Crippen molar-refractivity contribution < 1.29 is 4.92 Å². The standard InChI is InChI=1S/C23H16N4O2/c1-26-22-12-5-4-11-20(22)25-23(26)18-14-21(24-19-10-3-2-9-17(18)19)15-7-6-8-16(13-15)27(28)29/h2-14H,1H3. The summed E-state index contributed by atoms with van der Waals surface area (Å²) in [4.78, 5) is 20.4. The predicted molar refractivity (Wildman–Crippen MR) is 114 cm³/mol. The quantitative estimate of drug-likeness (QED) is 0.312. The summed E-state index contributed by atoms with van der Waals surface area (Å²) >= 11 is 0. The number of pyridine rings is 1. The number of fused-ring (bicyclic) bond motifs is 2. The van der Waals surface area contributed by atoms with Crippen LogP contribution in [0.5, 0.6) is 0 Å². The average molecular weight is 380 g/mol. The summed E-state index contributed by atoms with van der Waals surface area (Å²) in [5.41, 5.74) is 5.14. The molecule has 0 unspecified atom stereocenters. The van der Waals surface area contributed by atoms with E-state index in [1.165, 1.54) is 6.07 Å². The molecule has 140 valence electrons. The average Bonchev–Trinajstić information content (AvgIpc) is 3.09. The summed E-state index contributed by atoms with van der Waals surface area (Å²) < 4.78 is 2.06. The van der Waals surface area contributed by atoms with Crippen LogP contribution in [0.25, 0.3) is 44.6 Å². The van der Waals surface area contributed by atoms with Crippen molar-refractivity contribution in [1.82, 2.24) is 14.5 Å². The number of aryl methyl sites for hydroxylation is 1. The van der Waals surface area contributed by atoms with Gasteiger partial charge < -0.3 is 4.57 Å². The molecule has 2 aromatic heterocycles. The fraction of sp³-hybridized carbons (Fsp3) is 0.0435. The second-order valence-corrected chi connectivity index (χ2v) is 6.86. The molecule has 0 aliphatic heterocycles. The molecule has 0 aliphatic rings. The fourth-order valence-electron chi connectivity index (χ4n) is 3.67. The van der Waals surface area contributed by atoms with Gasteiger partial charge in [-0.25, -0.2) is 9.97 Å². The van der Waals surface area contributed by atoms with E-state index in [-0.39, 0.29) is 5.69 Å². The fourth-order valence-corrected chi connectivity index (χ4v) is 3.67. The molecule has 6 heteroatoms. The van der Waals surface area contributed by atoms with Gasteiger partial charge in [0.25, 0.3) is 5.69 Å². The number of hydrogen-bond donors (Lipinski definition) is 0. The Balaban J connectivity index is 1.80. The number of aromatic nitrogens is 3. The molecule has 0 aliphatic carbocycles. The normalized spacial score (nSPS) is 11.2. The first-order valence-corrected chi connectivity index (χ1v) is 9.18. The van der Waals surface area contributed by atoms with Crippen molar-refractivity contribution in [2.75, 3.05) is 0 Å². The lowest BCUT2D eigenvalue weighted by atomic mass is 10.0. The molecule has 5 rings (SSSR count). The number of rotatable bonds is 3. The number of hydrogen-bond acceptors (Lipinski definition) is 4. The zero-order valence-electron chi connectivity index (χ0n) is 15.6. The summed E-state index contributed by atoms with van der Waals surface area (Å²) in [6.07, 6.45) is 0. The van der Waals surface area contributed by atoms with Gasteiger partial charge >= 0.3 is 0 Å². The smallest absolute Gasteiger partial charge is 0.270 e. The number of benzene rings is 3. The highest BCUT2D eigenvalue weighted by Gasteiger charge is 2.16. The molecule has 29 heavy (non-hydrogen) atoms. The van der Waals surface area contributed by atoms with Crippen LogP contribution in [-0.2, 0) is 7.05 Å². The Bertz CT molecular complexity index is 1400. The van der Waals surface area contributed by atoms with Gasteiger partial charge in [0, 0.05) is 35.7 Å². The lowest BCUT2D eigenvalue weighted by Gasteiger charge is -2.10. The number of nitro groups is 1. The summed E-state index contributed by atoms with van der Waals surface area (Å²) in [6.45, 7) is 0. The molecule has 0 fully saturated rings. The molecular formula is C23H16N4O2. The minimum absolute atomic E-state index is 0.0433. The van der Waals surface area contributed by atoms with Crippen molar-refractivity contribution in [3.63, 3.8) is 0 Å². The van der Waals surface area contributed by atoms with Gasteiger partial charge in [0.1, 0.15) is 5.82 Å². The van der Waals surface area contributed by atoms with E-state index in [0.717, 1.165) is 33.3 Å². The van der Waals surface area contributed by atoms with Crippen LogP contribution in [0.2, 0.25) is 0 Å². The van der Waals surface area contributed by atoms with Crippen LogP contribution in [0.1, 0.15) is 0 Å². The van der Waals surface area contributed by atoms with Crippen molar-refractivity contribution in [3.8, 4) is 22.6 Å². The van der Waals surface area contributed by atoms with E-state index in [9.17, 15) is 10.1 Å². The highest BCUT2D eigenvalue weighted by Crippen LogP contribution is 2.33. The van der Waals surface area contributed by atoms with Gasteiger partial charge in [0.2, 0.25) is 0 Å². The van der Waals surface area contributed by atoms with Crippen LogP contribution in [0.15, 0.2) is 78.9 Å². The van der Waals surface area contributed by atoms with Gasteiger partial charge in [0.15, 0.2) is 0 Å². The van der Waals surface area contributed by atoms with Crippen LogP contribution in [0.3, 0.4) is 0 Å².